The molecule has 88 valence electrons. The number of rotatable bonds is 6. The van der Waals surface area contributed by atoms with Gasteiger partial charge < -0.3 is 14.7 Å². The first kappa shape index (κ1) is 12.4. The van der Waals surface area contributed by atoms with Crippen LogP contribution < -0.4 is 9.64 Å². The fraction of sp³-hybridized carbons (Fsp3) is 0.417. The number of benzene rings is 1. The van der Waals surface area contributed by atoms with E-state index < -0.39 is 5.97 Å². The molecule has 1 aromatic carbocycles. The molecular formula is C12H17NO3. The summed E-state index contributed by atoms with van der Waals surface area (Å²) in [7, 11) is 1.61. The summed E-state index contributed by atoms with van der Waals surface area (Å²) >= 11 is 0. The van der Waals surface area contributed by atoms with Crippen LogP contribution in [0, 0.1) is 0 Å². The van der Waals surface area contributed by atoms with Crippen molar-refractivity contribution in [2.75, 3.05) is 25.1 Å². The Labute approximate surface area is 95.5 Å². The highest BCUT2D eigenvalue weighted by Crippen LogP contribution is 2.19. The zero-order valence-electron chi connectivity index (χ0n) is 9.64. The Morgan fingerprint density at radius 3 is 2.44 bits per heavy atom. The van der Waals surface area contributed by atoms with Gasteiger partial charge in [0.1, 0.15) is 12.3 Å². The highest BCUT2D eigenvalue weighted by Gasteiger charge is 2.09. The molecule has 0 atom stereocenters. The average molecular weight is 223 g/mol. The minimum atomic E-state index is -0.815. The molecule has 4 nitrogen and oxygen atoms in total. The number of aliphatic carboxylic acids is 1. The van der Waals surface area contributed by atoms with Crippen molar-refractivity contribution in [1.29, 1.82) is 0 Å². The van der Waals surface area contributed by atoms with E-state index in [1.807, 2.05) is 36.1 Å². The van der Waals surface area contributed by atoms with Crippen LogP contribution in [0.1, 0.15) is 13.3 Å². The van der Waals surface area contributed by atoms with Crippen LogP contribution in [0.4, 0.5) is 5.69 Å². The molecule has 0 spiro atoms. The van der Waals surface area contributed by atoms with E-state index in [9.17, 15) is 4.79 Å². The van der Waals surface area contributed by atoms with E-state index in [1.54, 1.807) is 7.11 Å². The first-order chi connectivity index (χ1) is 7.67. The molecule has 0 aliphatic heterocycles. The number of carboxylic acids is 1. The minimum Gasteiger partial charge on any atom is -0.497 e. The van der Waals surface area contributed by atoms with Gasteiger partial charge >= 0.3 is 5.97 Å². The molecule has 0 aromatic heterocycles. The van der Waals surface area contributed by atoms with Crippen LogP contribution in [-0.4, -0.2) is 31.3 Å². The van der Waals surface area contributed by atoms with Gasteiger partial charge in [-0.1, -0.05) is 6.92 Å². The molecule has 1 rings (SSSR count). The number of carbonyl (C=O) groups is 1. The SMILES string of the molecule is CCCN(CC(=O)O)c1ccc(OC)cc1. The highest BCUT2D eigenvalue weighted by atomic mass is 16.5. The van der Waals surface area contributed by atoms with Gasteiger partial charge in [0.2, 0.25) is 0 Å². The van der Waals surface area contributed by atoms with Gasteiger partial charge in [-0.05, 0) is 30.7 Å². The molecule has 0 amide bonds. The molecule has 1 aromatic rings. The van der Waals surface area contributed by atoms with Crippen molar-refractivity contribution < 1.29 is 14.6 Å². The molecule has 0 radical (unpaired) electrons. The number of ether oxygens (including phenoxy) is 1. The molecule has 4 heteroatoms. The summed E-state index contributed by atoms with van der Waals surface area (Å²) in [5.41, 5.74) is 0.907. The van der Waals surface area contributed by atoms with Gasteiger partial charge in [-0.2, -0.15) is 0 Å². The second kappa shape index (κ2) is 6.00. The number of hydrogen-bond donors (Lipinski definition) is 1. The summed E-state index contributed by atoms with van der Waals surface area (Å²) in [6, 6.07) is 7.41. The van der Waals surface area contributed by atoms with Crippen molar-refractivity contribution in [3.8, 4) is 5.75 Å². The Morgan fingerprint density at radius 2 is 2.00 bits per heavy atom. The van der Waals surface area contributed by atoms with Gasteiger partial charge in [0, 0.05) is 12.2 Å². The lowest BCUT2D eigenvalue weighted by Crippen LogP contribution is -2.30. The van der Waals surface area contributed by atoms with Crippen LogP contribution in [0.3, 0.4) is 0 Å². The van der Waals surface area contributed by atoms with Crippen LogP contribution in [0.25, 0.3) is 0 Å². The normalized spacial score (nSPS) is 9.88. The monoisotopic (exact) mass is 223 g/mol. The Hall–Kier alpha value is -1.71. The number of methoxy groups -OCH3 is 1. The molecule has 0 heterocycles. The number of carboxylic acid groups (broad SMARTS) is 1. The van der Waals surface area contributed by atoms with Crippen molar-refractivity contribution in [3.63, 3.8) is 0 Å². The van der Waals surface area contributed by atoms with Crippen molar-refractivity contribution in [2.24, 2.45) is 0 Å². The standard InChI is InChI=1S/C12H17NO3/c1-3-8-13(9-12(14)15)10-4-6-11(16-2)7-5-10/h4-7H,3,8-9H2,1-2H3,(H,14,15). The van der Waals surface area contributed by atoms with E-state index in [0.717, 1.165) is 24.4 Å². The Balaban J connectivity index is 2.79. The number of hydrogen-bond acceptors (Lipinski definition) is 3. The number of anilines is 1. The van der Waals surface area contributed by atoms with E-state index in [2.05, 4.69) is 0 Å². The first-order valence-corrected chi connectivity index (χ1v) is 5.28. The summed E-state index contributed by atoms with van der Waals surface area (Å²) < 4.78 is 5.06. The Bertz CT molecular complexity index is 335. The molecule has 0 fully saturated rings. The van der Waals surface area contributed by atoms with E-state index in [4.69, 9.17) is 9.84 Å². The van der Waals surface area contributed by atoms with Crippen LogP contribution in [0.15, 0.2) is 24.3 Å². The van der Waals surface area contributed by atoms with E-state index in [-0.39, 0.29) is 6.54 Å². The lowest BCUT2D eigenvalue weighted by molar-refractivity contribution is -0.135. The lowest BCUT2D eigenvalue weighted by Gasteiger charge is -2.22. The van der Waals surface area contributed by atoms with Crippen LogP contribution in [-0.2, 0) is 4.79 Å². The third kappa shape index (κ3) is 3.46. The molecule has 0 saturated heterocycles. The topological polar surface area (TPSA) is 49.8 Å². The van der Waals surface area contributed by atoms with E-state index >= 15 is 0 Å². The summed E-state index contributed by atoms with van der Waals surface area (Å²) in [6.07, 6.45) is 0.916. The van der Waals surface area contributed by atoms with E-state index in [1.165, 1.54) is 0 Å². The zero-order valence-corrected chi connectivity index (χ0v) is 9.64. The molecule has 0 unspecified atom stereocenters. The third-order valence-corrected chi connectivity index (χ3v) is 2.26. The van der Waals surface area contributed by atoms with Gasteiger partial charge in [0.25, 0.3) is 0 Å². The quantitative estimate of drug-likeness (QED) is 0.801. The molecule has 16 heavy (non-hydrogen) atoms. The van der Waals surface area contributed by atoms with Crippen LogP contribution in [0.2, 0.25) is 0 Å². The molecular weight excluding hydrogens is 206 g/mol. The fourth-order valence-corrected chi connectivity index (χ4v) is 1.53. The van der Waals surface area contributed by atoms with E-state index in [0.29, 0.717) is 0 Å². The number of nitrogens with zero attached hydrogens (tertiary/aromatic N) is 1. The summed E-state index contributed by atoms with van der Waals surface area (Å²) in [5.74, 6) is -0.0419. The predicted molar refractivity (Wildman–Crippen MR) is 63.1 cm³/mol. The summed E-state index contributed by atoms with van der Waals surface area (Å²) in [4.78, 5) is 12.5. The Morgan fingerprint density at radius 1 is 1.38 bits per heavy atom. The van der Waals surface area contributed by atoms with Crippen molar-refractivity contribution in [1.82, 2.24) is 0 Å². The fourth-order valence-electron chi connectivity index (χ4n) is 1.53. The molecule has 0 aliphatic carbocycles. The lowest BCUT2D eigenvalue weighted by atomic mass is 10.2. The Kier molecular flexibility index (Phi) is 4.64. The highest BCUT2D eigenvalue weighted by molar-refractivity contribution is 5.73. The van der Waals surface area contributed by atoms with Crippen LogP contribution >= 0.6 is 0 Å². The van der Waals surface area contributed by atoms with Gasteiger partial charge in [0.05, 0.1) is 7.11 Å². The third-order valence-electron chi connectivity index (χ3n) is 2.26. The maximum absolute atomic E-state index is 10.7. The molecule has 0 aliphatic rings. The summed E-state index contributed by atoms with van der Waals surface area (Å²) in [5, 5.41) is 8.81. The maximum atomic E-state index is 10.7. The molecule has 0 bridgehead atoms. The van der Waals surface area contributed by atoms with Gasteiger partial charge in [-0.15, -0.1) is 0 Å². The van der Waals surface area contributed by atoms with Gasteiger partial charge in [-0.3, -0.25) is 4.79 Å². The van der Waals surface area contributed by atoms with Crippen molar-refractivity contribution in [3.05, 3.63) is 24.3 Å². The van der Waals surface area contributed by atoms with Gasteiger partial charge in [-0.25, -0.2) is 0 Å². The maximum Gasteiger partial charge on any atom is 0.323 e. The predicted octanol–water partition coefficient (Wildman–Crippen LogP) is 2.00. The second-order valence-electron chi connectivity index (χ2n) is 3.51. The molecule has 0 saturated carbocycles. The molecule has 1 N–H and O–H groups in total. The minimum absolute atomic E-state index is 0.0279. The average Bonchev–Trinajstić information content (AvgIpc) is 2.28. The first-order valence-electron chi connectivity index (χ1n) is 5.28. The summed E-state index contributed by atoms with van der Waals surface area (Å²) in [6.45, 7) is 2.79. The van der Waals surface area contributed by atoms with Crippen molar-refractivity contribution in [2.45, 2.75) is 13.3 Å². The second-order valence-corrected chi connectivity index (χ2v) is 3.51. The van der Waals surface area contributed by atoms with Crippen molar-refractivity contribution >= 4 is 11.7 Å². The largest absolute Gasteiger partial charge is 0.497 e. The smallest absolute Gasteiger partial charge is 0.323 e. The zero-order chi connectivity index (χ0) is 12.0. The van der Waals surface area contributed by atoms with Crippen LogP contribution in [0.5, 0.6) is 5.75 Å². The van der Waals surface area contributed by atoms with Gasteiger partial charge in [0.15, 0.2) is 0 Å².